The largest absolute Gasteiger partial charge is 0.477 e. The number of azide groups is 1. The van der Waals surface area contributed by atoms with E-state index in [1.54, 1.807) is 0 Å². The van der Waals surface area contributed by atoms with Gasteiger partial charge < -0.3 is 15.3 Å². The van der Waals surface area contributed by atoms with Crippen molar-refractivity contribution in [1.29, 1.82) is 0 Å². The van der Waals surface area contributed by atoms with Gasteiger partial charge in [0.1, 0.15) is 23.3 Å². The summed E-state index contributed by atoms with van der Waals surface area (Å²) in [7, 11) is 0. The minimum absolute atomic E-state index is 0.136. The summed E-state index contributed by atoms with van der Waals surface area (Å²) >= 11 is 0. The zero-order chi connectivity index (χ0) is 15.3. The van der Waals surface area contributed by atoms with Crippen LogP contribution in [0.25, 0.3) is 10.4 Å². The van der Waals surface area contributed by atoms with Crippen molar-refractivity contribution in [2.45, 2.75) is 18.6 Å². The molecule has 0 aliphatic rings. The average Bonchev–Trinajstić information content (AvgIpc) is 2.38. The molecule has 2 unspecified atom stereocenters. The van der Waals surface area contributed by atoms with Crippen LogP contribution < -0.4 is 0 Å². The highest BCUT2D eigenvalue weighted by molar-refractivity contribution is 5.88. The smallest absolute Gasteiger partial charge is 0.341 e. The van der Waals surface area contributed by atoms with Gasteiger partial charge in [0.05, 0.1) is 6.10 Å². The molecular formula is C11H11F2N3O4. The summed E-state index contributed by atoms with van der Waals surface area (Å²) in [6.45, 7) is -0.136. The number of halogens is 2. The predicted molar refractivity (Wildman–Crippen MR) is 62.9 cm³/mol. The second-order valence-electron chi connectivity index (χ2n) is 3.89. The molecule has 0 spiro atoms. The van der Waals surface area contributed by atoms with Gasteiger partial charge >= 0.3 is 5.97 Å². The Balaban J connectivity index is 3.04. The molecule has 0 fully saturated rings. The van der Waals surface area contributed by atoms with Crippen molar-refractivity contribution < 1.29 is 28.9 Å². The van der Waals surface area contributed by atoms with Crippen LogP contribution in [0.2, 0.25) is 0 Å². The Kier molecular flexibility index (Phi) is 5.39. The Labute approximate surface area is 111 Å². The summed E-state index contributed by atoms with van der Waals surface area (Å²) < 4.78 is 27.0. The van der Waals surface area contributed by atoms with Crippen molar-refractivity contribution >= 4 is 5.97 Å². The third-order valence-electron chi connectivity index (χ3n) is 2.61. The van der Waals surface area contributed by atoms with Crippen molar-refractivity contribution in [3.8, 4) is 0 Å². The lowest BCUT2D eigenvalue weighted by Crippen LogP contribution is -2.21. The van der Waals surface area contributed by atoms with Crippen LogP contribution in [0.5, 0.6) is 0 Å². The molecule has 0 aliphatic heterocycles. The Morgan fingerprint density at radius 3 is 2.60 bits per heavy atom. The molecule has 0 saturated carbocycles. The lowest BCUT2D eigenvalue weighted by atomic mass is 9.99. The SMILES string of the molecule is [N-]=[N+]=NCCC(O)C(O)c1ccc(F)c(C(=O)O)c1F. The van der Waals surface area contributed by atoms with Gasteiger partial charge in [-0.3, -0.25) is 0 Å². The number of nitrogens with zero attached hydrogens (tertiary/aromatic N) is 3. The second-order valence-corrected chi connectivity index (χ2v) is 3.89. The highest BCUT2D eigenvalue weighted by Crippen LogP contribution is 2.25. The fraction of sp³-hybridized carbons (Fsp3) is 0.364. The van der Waals surface area contributed by atoms with Crippen LogP contribution in [0.4, 0.5) is 8.78 Å². The van der Waals surface area contributed by atoms with Gasteiger partial charge in [0, 0.05) is 17.0 Å². The van der Waals surface area contributed by atoms with E-state index < -0.39 is 40.9 Å². The Morgan fingerprint density at radius 1 is 1.40 bits per heavy atom. The molecule has 0 aliphatic carbocycles. The summed E-state index contributed by atoms with van der Waals surface area (Å²) in [6.07, 6.45) is -3.41. The molecule has 0 saturated heterocycles. The van der Waals surface area contributed by atoms with E-state index in [0.717, 1.165) is 6.07 Å². The standard InChI is InChI=1S/C11H11F2N3O4/c12-6-2-1-5(9(13)8(6)11(19)20)10(18)7(17)3-4-15-16-14/h1-2,7,10,17-18H,3-4H2,(H,19,20). The normalized spacial score (nSPS) is 13.4. The zero-order valence-corrected chi connectivity index (χ0v) is 10.1. The number of aromatic carboxylic acids is 1. The van der Waals surface area contributed by atoms with Crippen LogP contribution in [0.1, 0.15) is 28.4 Å². The fourth-order valence-corrected chi connectivity index (χ4v) is 1.59. The Morgan fingerprint density at radius 2 is 2.05 bits per heavy atom. The van der Waals surface area contributed by atoms with Crippen LogP contribution in [0.3, 0.4) is 0 Å². The van der Waals surface area contributed by atoms with E-state index in [0.29, 0.717) is 6.07 Å². The molecule has 0 heterocycles. The van der Waals surface area contributed by atoms with Crippen molar-refractivity contribution in [2.75, 3.05) is 6.54 Å². The van der Waals surface area contributed by atoms with Crippen LogP contribution in [-0.4, -0.2) is 33.9 Å². The number of aliphatic hydroxyl groups is 2. The number of hydrogen-bond acceptors (Lipinski definition) is 4. The predicted octanol–water partition coefficient (Wildman–Crippen LogP) is 1.76. The number of rotatable bonds is 6. The third kappa shape index (κ3) is 3.41. The fourth-order valence-electron chi connectivity index (χ4n) is 1.59. The van der Waals surface area contributed by atoms with E-state index >= 15 is 0 Å². The quantitative estimate of drug-likeness (QED) is 0.418. The van der Waals surface area contributed by atoms with Crippen molar-refractivity contribution in [3.05, 3.63) is 45.3 Å². The molecule has 2 atom stereocenters. The summed E-state index contributed by atoms with van der Waals surface area (Å²) in [5.74, 6) is -4.56. The first-order valence-corrected chi connectivity index (χ1v) is 5.48. The number of carboxylic acids is 1. The lowest BCUT2D eigenvalue weighted by molar-refractivity contribution is 0.0127. The van der Waals surface area contributed by atoms with Gasteiger partial charge in [-0.25, -0.2) is 13.6 Å². The molecule has 0 bridgehead atoms. The molecule has 0 aromatic heterocycles. The molecule has 1 rings (SSSR count). The van der Waals surface area contributed by atoms with Gasteiger partial charge in [0.2, 0.25) is 0 Å². The first-order valence-electron chi connectivity index (χ1n) is 5.48. The maximum atomic E-state index is 13.8. The van der Waals surface area contributed by atoms with Gasteiger partial charge in [0.15, 0.2) is 0 Å². The Hall–Kier alpha value is -2.22. The number of aliphatic hydroxyl groups excluding tert-OH is 2. The average molecular weight is 287 g/mol. The maximum Gasteiger partial charge on any atom is 0.341 e. The van der Waals surface area contributed by atoms with Gasteiger partial charge in [-0.1, -0.05) is 11.2 Å². The number of carbonyl (C=O) groups is 1. The topological polar surface area (TPSA) is 127 Å². The molecular weight excluding hydrogens is 276 g/mol. The molecule has 7 nitrogen and oxygen atoms in total. The van der Waals surface area contributed by atoms with E-state index in [-0.39, 0.29) is 13.0 Å². The maximum absolute atomic E-state index is 13.8. The number of benzene rings is 1. The van der Waals surface area contributed by atoms with Crippen LogP contribution in [0, 0.1) is 11.6 Å². The number of carboxylic acid groups (broad SMARTS) is 1. The molecule has 1 aromatic carbocycles. The minimum Gasteiger partial charge on any atom is -0.477 e. The molecule has 3 N–H and O–H groups in total. The number of hydrogen-bond donors (Lipinski definition) is 3. The molecule has 0 radical (unpaired) electrons. The van der Waals surface area contributed by atoms with Gasteiger partial charge in [0.25, 0.3) is 0 Å². The van der Waals surface area contributed by atoms with Crippen LogP contribution in [-0.2, 0) is 0 Å². The summed E-state index contributed by atoms with van der Waals surface area (Å²) in [5, 5.41) is 31.1. The molecule has 20 heavy (non-hydrogen) atoms. The van der Waals surface area contributed by atoms with Crippen LogP contribution >= 0.6 is 0 Å². The third-order valence-corrected chi connectivity index (χ3v) is 2.61. The van der Waals surface area contributed by atoms with Gasteiger partial charge in [-0.2, -0.15) is 0 Å². The summed E-state index contributed by atoms with van der Waals surface area (Å²) in [6, 6.07) is 1.53. The van der Waals surface area contributed by atoms with Gasteiger partial charge in [-0.15, -0.1) is 0 Å². The second kappa shape index (κ2) is 6.80. The molecule has 9 heteroatoms. The highest BCUT2D eigenvalue weighted by atomic mass is 19.1. The van der Waals surface area contributed by atoms with E-state index in [4.69, 9.17) is 10.6 Å². The first kappa shape index (κ1) is 15.8. The van der Waals surface area contributed by atoms with E-state index in [1.807, 2.05) is 0 Å². The molecule has 108 valence electrons. The first-order chi connectivity index (χ1) is 9.40. The van der Waals surface area contributed by atoms with Crippen LogP contribution in [0.15, 0.2) is 17.2 Å². The molecule has 1 aromatic rings. The van der Waals surface area contributed by atoms with E-state index in [2.05, 4.69) is 10.0 Å². The zero-order valence-electron chi connectivity index (χ0n) is 10.1. The highest BCUT2D eigenvalue weighted by Gasteiger charge is 2.26. The minimum atomic E-state index is -1.82. The molecule has 0 amide bonds. The summed E-state index contributed by atoms with van der Waals surface area (Å²) in [4.78, 5) is 13.2. The monoisotopic (exact) mass is 287 g/mol. The Bertz CT molecular complexity index is 561. The van der Waals surface area contributed by atoms with Crippen molar-refractivity contribution in [3.63, 3.8) is 0 Å². The van der Waals surface area contributed by atoms with Crippen molar-refractivity contribution in [1.82, 2.24) is 0 Å². The van der Waals surface area contributed by atoms with Gasteiger partial charge in [-0.05, 0) is 18.0 Å². The van der Waals surface area contributed by atoms with Crippen molar-refractivity contribution in [2.24, 2.45) is 5.11 Å². The van der Waals surface area contributed by atoms with E-state index in [9.17, 15) is 23.8 Å². The summed E-state index contributed by atoms with van der Waals surface area (Å²) in [5.41, 5.74) is 6.31. The lowest BCUT2D eigenvalue weighted by Gasteiger charge is -2.18. The van der Waals surface area contributed by atoms with E-state index in [1.165, 1.54) is 0 Å².